The van der Waals surface area contributed by atoms with Crippen LogP contribution in [0.25, 0.3) is 22.4 Å². The normalized spacial score (nSPS) is 15.1. The summed E-state index contributed by atoms with van der Waals surface area (Å²) in [6.07, 6.45) is 2.55. The van der Waals surface area contributed by atoms with Gasteiger partial charge < -0.3 is 24.1 Å². The lowest BCUT2D eigenvalue weighted by molar-refractivity contribution is -0.143. The van der Waals surface area contributed by atoms with E-state index in [-0.39, 0.29) is 43.7 Å². The fourth-order valence-electron chi connectivity index (χ4n) is 4.57. The molecule has 204 valence electrons. The summed E-state index contributed by atoms with van der Waals surface area (Å²) in [6, 6.07) is 9.56. The van der Waals surface area contributed by atoms with Crippen LogP contribution < -0.4 is 5.32 Å². The van der Waals surface area contributed by atoms with Crippen LogP contribution >= 0.6 is 0 Å². The van der Waals surface area contributed by atoms with Crippen LogP contribution in [-0.2, 0) is 27.3 Å². The minimum absolute atomic E-state index is 0.0236. The van der Waals surface area contributed by atoms with Gasteiger partial charge in [-0.05, 0) is 50.2 Å². The molecule has 2 N–H and O–H groups in total. The fraction of sp³-hybridized carbons (Fsp3) is 0.444. The van der Waals surface area contributed by atoms with Crippen molar-refractivity contribution >= 4 is 34.2 Å². The second kappa shape index (κ2) is 12.2. The maximum absolute atomic E-state index is 12.9. The summed E-state index contributed by atoms with van der Waals surface area (Å²) >= 11 is -2.54. The maximum Gasteiger partial charge on any atom is 0.308 e. The fourth-order valence-corrected chi connectivity index (χ4v) is 5.08. The van der Waals surface area contributed by atoms with Gasteiger partial charge in [0.15, 0.2) is 0 Å². The number of nitrogens with one attached hydrogen (secondary N) is 1. The van der Waals surface area contributed by atoms with Gasteiger partial charge in [-0.2, -0.15) is 0 Å². The van der Waals surface area contributed by atoms with Crippen LogP contribution in [0.4, 0.5) is 0 Å². The second-order valence-corrected chi connectivity index (χ2v) is 10.6. The van der Waals surface area contributed by atoms with E-state index in [0.717, 1.165) is 29.5 Å². The molecule has 0 saturated heterocycles. The first-order chi connectivity index (χ1) is 18.2. The highest BCUT2D eigenvalue weighted by Crippen LogP contribution is 2.44. The number of benzene rings is 1. The number of furan rings is 1. The molecule has 2 aromatic heterocycles. The van der Waals surface area contributed by atoms with Gasteiger partial charge in [0, 0.05) is 37.5 Å². The SMILES string of the molecule is CNC(=O)c1c(-c2ccc(C)cc2)oc2nc(CN(CCCC(COC)C(=O)O)S(=O)[O-])c(C3CC3)cc12. The number of hydrogen-bond donors (Lipinski definition) is 2. The molecule has 2 unspecified atom stereocenters. The summed E-state index contributed by atoms with van der Waals surface area (Å²) in [5.41, 5.74) is 3.95. The first kappa shape index (κ1) is 27.9. The van der Waals surface area contributed by atoms with E-state index < -0.39 is 23.2 Å². The van der Waals surface area contributed by atoms with Gasteiger partial charge in [0.05, 0.1) is 35.7 Å². The Morgan fingerprint density at radius 3 is 2.61 bits per heavy atom. The van der Waals surface area contributed by atoms with Gasteiger partial charge >= 0.3 is 5.97 Å². The van der Waals surface area contributed by atoms with E-state index in [1.165, 1.54) is 11.4 Å². The highest BCUT2D eigenvalue weighted by molar-refractivity contribution is 7.76. The molecule has 38 heavy (non-hydrogen) atoms. The van der Waals surface area contributed by atoms with Gasteiger partial charge in [-0.1, -0.05) is 29.8 Å². The molecule has 4 rings (SSSR count). The molecular formula is C27H32N3O7S-. The predicted molar refractivity (Wildman–Crippen MR) is 141 cm³/mol. The van der Waals surface area contributed by atoms with Gasteiger partial charge in [0.1, 0.15) is 5.76 Å². The Balaban J connectivity index is 1.68. The van der Waals surface area contributed by atoms with Crippen molar-refractivity contribution in [3.63, 3.8) is 0 Å². The minimum atomic E-state index is -2.54. The number of fused-ring (bicyclic) bond motifs is 1. The van der Waals surface area contributed by atoms with Gasteiger partial charge in [0.2, 0.25) is 5.71 Å². The van der Waals surface area contributed by atoms with Crippen LogP contribution in [-0.4, -0.2) is 62.3 Å². The topological polar surface area (TPSA) is 145 Å². The number of methoxy groups -OCH3 is 1. The number of aryl methyl sites for hydroxylation is 1. The first-order valence-electron chi connectivity index (χ1n) is 12.5. The average molecular weight is 543 g/mol. The highest BCUT2D eigenvalue weighted by Gasteiger charge is 2.31. The van der Waals surface area contributed by atoms with E-state index in [1.807, 2.05) is 37.3 Å². The van der Waals surface area contributed by atoms with Crippen LogP contribution in [0.2, 0.25) is 0 Å². The average Bonchev–Trinajstić information content (AvgIpc) is 3.67. The smallest absolute Gasteiger partial charge is 0.308 e. The molecule has 1 amide bonds. The number of carbonyl (C=O) groups is 2. The quantitative estimate of drug-likeness (QED) is 0.311. The van der Waals surface area contributed by atoms with E-state index in [0.29, 0.717) is 28.8 Å². The van der Waals surface area contributed by atoms with Gasteiger partial charge in [-0.3, -0.25) is 13.8 Å². The van der Waals surface area contributed by atoms with Gasteiger partial charge in [-0.15, -0.1) is 0 Å². The molecule has 2 atom stereocenters. The van der Waals surface area contributed by atoms with E-state index in [4.69, 9.17) is 14.1 Å². The summed E-state index contributed by atoms with van der Waals surface area (Å²) in [5, 5.41) is 12.6. The molecule has 1 aliphatic carbocycles. The van der Waals surface area contributed by atoms with Crippen molar-refractivity contribution in [2.45, 2.75) is 45.1 Å². The largest absolute Gasteiger partial charge is 0.760 e. The third-order valence-electron chi connectivity index (χ3n) is 6.79. The van der Waals surface area contributed by atoms with Crippen LogP contribution in [0.1, 0.15) is 58.8 Å². The van der Waals surface area contributed by atoms with Crippen molar-refractivity contribution in [3.05, 3.63) is 52.7 Å². The molecule has 1 fully saturated rings. The van der Waals surface area contributed by atoms with Crippen molar-refractivity contribution < 1.29 is 32.6 Å². The number of carbonyl (C=O) groups excluding carboxylic acids is 1. The van der Waals surface area contributed by atoms with E-state index in [2.05, 4.69) is 5.32 Å². The lowest BCUT2D eigenvalue weighted by Crippen LogP contribution is -2.29. The molecule has 2 heterocycles. The van der Waals surface area contributed by atoms with Crippen LogP contribution in [0.15, 0.2) is 34.7 Å². The van der Waals surface area contributed by atoms with Crippen molar-refractivity contribution in [3.8, 4) is 11.3 Å². The Kier molecular flexibility index (Phi) is 8.93. The number of rotatable bonds is 13. The molecule has 3 aromatic rings. The molecule has 0 bridgehead atoms. The molecule has 1 aromatic carbocycles. The van der Waals surface area contributed by atoms with Crippen LogP contribution in [0.3, 0.4) is 0 Å². The number of aliphatic carboxylic acids is 1. The zero-order chi connectivity index (χ0) is 27.4. The number of hydrogen-bond acceptors (Lipinski definition) is 7. The van der Waals surface area contributed by atoms with Gasteiger partial charge in [0.25, 0.3) is 5.91 Å². The maximum atomic E-state index is 12.9. The number of amides is 1. The number of aromatic nitrogens is 1. The van der Waals surface area contributed by atoms with E-state index >= 15 is 0 Å². The Bertz CT molecular complexity index is 1330. The summed E-state index contributed by atoms with van der Waals surface area (Å²) < 4.78 is 36.5. The van der Waals surface area contributed by atoms with Crippen LogP contribution in [0.5, 0.6) is 0 Å². The number of pyridine rings is 1. The lowest BCUT2D eigenvalue weighted by atomic mass is 10.0. The molecule has 10 nitrogen and oxygen atoms in total. The first-order valence-corrected chi connectivity index (χ1v) is 13.6. The van der Waals surface area contributed by atoms with Crippen LogP contribution in [0, 0.1) is 12.8 Å². The summed E-state index contributed by atoms with van der Waals surface area (Å²) in [7, 11) is 3.00. The Morgan fingerprint density at radius 1 is 1.32 bits per heavy atom. The highest BCUT2D eigenvalue weighted by atomic mass is 32.2. The number of ether oxygens (including phenoxy) is 1. The summed E-state index contributed by atoms with van der Waals surface area (Å²) in [6.45, 7) is 2.21. The third-order valence-corrected chi connectivity index (χ3v) is 7.53. The number of carboxylic acids is 1. The molecule has 1 saturated carbocycles. The van der Waals surface area contributed by atoms with Crippen molar-refractivity contribution in [1.29, 1.82) is 0 Å². The number of nitrogens with zero attached hydrogens (tertiary/aromatic N) is 2. The lowest BCUT2D eigenvalue weighted by Gasteiger charge is -2.25. The van der Waals surface area contributed by atoms with Crippen molar-refractivity contribution in [2.24, 2.45) is 5.92 Å². The molecule has 0 radical (unpaired) electrons. The van der Waals surface area contributed by atoms with Crippen molar-refractivity contribution in [2.75, 3.05) is 27.3 Å². The Hall–Kier alpha value is -3.12. The standard InChI is InChI=1S/C27H33N3O7S/c1-16-6-8-18(9-7-16)24-23(25(31)28-2)21-13-20(17-10-11-17)22(29-26(21)37-24)14-30(38(34)35)12-4-5-19(15-36-3)27(32)33/h6-9,13,17,19H,4-5,10-12,14-15H2,1-3H3,(H,28,31)(H,32,33)(H,34,35)/p-1. The van der Waals surface area contributed by atoms with E-state index in [1.54, 1.807) is 7.05 Å². The second-order valence-electron chi connectivity index (χ2n) is 9.62. The number of carboxylic acid groups (broad SMARTS) is 1. The molecule has 0 spiro atoms. The minimum Gasteiger partial charge on any atom is -0.760 e. The monoisotopic (exact) mass is 542 g/mol. The van der Waals surface area contributed by atoms with Gasteiger partial charge in [-0.25, -0.2) is 9.29 Å². The van der Waals surface area contributed by atoms with Crippen molar-refractivity contribution in [1.82, 2.24) is 14.6 Å². The Morgan fingerprint density at radius 2 is 2.03 bits per heavy atom. The molecular weight excluding hydrogens is 510 g/mol. The van der Waals surface area contributed by atoms with E-state index in [9.17, 15) is 23.5 Å². The Labute approximate surface area is 223 Å². The predicted octanol–water partition coefficient (Wildman–Crippen LogP) is 3.76. The molecule has 0 aliphatic heterocycles. The molecule has 1 aliphatic rings. The zero-order valence-corrected chi connectivity index (χ0v) is 22.5. The zero-order valence-electron chi connectivity index (χ0n) is 21.7. The third kappa shape index (κ3) is 6.29. The summed E-state index contributed by atoms with van der Waals surface area (Å²) in [5.74, 6) is -1.32. The summed E-state index contributed by atoms with van der Waals surface area (Å²) in [4.78, 5) is 29.0. The molecule has 11 heteroatoms.